The lowest BCUT2D eigenvalue weighted by Crippen LogP contribution is -2.39. The van der Waals surface area contributed by atoms with Crippen LogP contribution in [0.3, 0.4) is 0 Å². The first kappa shape index (κ1) is 17.7. The van der Waals surface area contributed by atoms with Crippen LogP contribution in [-0.2, 0) is 17.9 Å². The quantitative estimate of drug-likeness (QED) is 0.817. The van der Waals surface area contributed by atoms with Crippen molar-refractivity contribution in [2.45, 2.75) is 20.0 Å². The van der Waals surface area contributed by atoms with Crippen molar-refractivity contribution in [1.82, 2.24) is 10.2 Å². The topological polar surface area (TPSA) is 75.4 Å². The molecule has 0 unspecified atom stereocenters. The number of hydrogen-bond donors (Lipinski definition) is 2. The maximum atomic E-state index is 12.3. The highest BCUT2D eigenvalue weighted by Crippen LogP contribution is 2.05. The van der Waals surface area contributed by atoms with Gasteiger partial charge >= 0.3 is 0 Å². The van der Waals surface area contributed by atoms with Gasteiger partial charge in [-0.05, 0) is 30.2 Å². The largest absolute Gasteiger partial charge is 0.343 e. The zero-order valence-corrected chi connectivity index (χ0v) is 13.9. The minimum atomic E-state index is -0.261. The normalized spacial score (nSPS) is 10.2. The van der Waals surface area contributed by atoms with Crippen LogP contribution in [0.2, 0.25) is 0 Å². The van der Waals surface area contributed by atoms with Crippen molar-refractivity contribution < 1.29 is 9.59 Å². The number of nitrogens with two attached hydrogens (primary N) is 1. The Morgan fingerprint density at radius 3 is 2.25 bits per heavy atom. The summed E-state index contributed by atoms with van der Waals surface area (Å²) in [5.74, 6) is -0.365. The van der Waals surface area contributed by atoms with Gasteiger partial charge < -0.3 is 16.0 Å². The van der Waals surface area contributed by atoms with Gasteiger partial charge in [0.15, 0.2) is 0 Å². The smallest absolute Gasteiger partial charge is 0.251 e. The van der Waals surface area contributed by atoms with Crippen LogP contribution in [-0.4, -0.2) is 29.8 Å². The van der Waals surface area contributed by atoms with Crippen molar-refractivity contribution in [2.24, 2.45) is 5.73 Å². The number of likely N-dealkylation sites (N-methyl/N-ethyl adjacent to an activating group) is 1. The van der Waals surface area contributed by atoms with Crippen LogP contribution in [0.15, 0.2) is 54.6 Å². The van der Waals surface area contributed by atoms with Gasteiger partial charge in [0.25, 0.3) is 5.91 Å². The molecule has 5 heteroatoms. The third-order valence-electron chi connectivity index (χ3n) is 3.80. The van der Waals surface area contributed by atoms with E-state index in [0.29, 0.717) is 25.2 Å². The summed E-state index contributed by atoms with van der Waals surface area (Å²) in [6.07, 6.45) is 0. The minimum Gasteiger partial charge on any atom is -0.343 e. The van der Waals surface area contributed by atoms with Crippen LogP contribution in [0.25, 0.3) is 0 Å². The first-order chi connectivity index (χ1) is 11.6. The molecule has 0 saturated heterocycles. The van der Waals surface area contributed by atoms with Gasteiger partial charge in [0.1, 0.15) is 0 Å². The predicted octanol–water partition coefficient (Wildman–Crippen LogP) is 1.92. The average Bonchev–Trinajstić information content (AvgIpc) is 2.64. The van der Waals surface area contributed by atoms with E-state index in [9.17, 15) is 9.59 Å². The maximum Gasteiger partial charge on any atom is 0.251 e. The molecule has 5 nitrogen and oxygen atoms in total. The summed E-state index contributed by atoms with van der Waals surface area (Å²) in [7, 11) is 0. The van der Waals surface area contributed by atoms with Crippen molar-refractivity contribution in [3.63, 3.8) is 0 Å². The number of nitrogens with one attached hydrogen (secondary N) is 1. The molecule has 24 heavy (non-hydrogen) atoms. The standard InChI is InChI=1S/C19H23N3O2/c1-2-22(14-16-6-4-3-5-7-16)18(23)13-21-19(24)17-10-8-15(12-20)9-11-17/h3-11H,2,12-14,20H2,1H3,(H,21,24). The second-order valence-corrected chi connectivity index (χ2v) is 5.48. The minimum absolute atomic E-state index is 0.0157. The third-order valence-corrected chi connectivity index (χ3v) is 3.80. The fourth-order valence-corrected chi connectivity index (χ4v) is 2.34. The van der Waals surface area contributed by atoms with E-state index in [1.54, 1.807) is 17.0 Å². The second-order valence-electron chi connectivity index (χ2n) is 5.48. The van der Waals surface area contributed by atoms with Crippen LogP contribution < -0.4 is 11.1 Å². The molecule has 2 rings (SSSR count). The molecule has 2 amide bonds. The van der Waals surface area contributed by atoms with Crippen molar-refractivity contribution in [3.8, 4) is 0 Å². The van der Waals surface area contributed by atoms with Gasteiger partial charge in [-0.3, -0.25) is 9.59 Å². The third kappa shape index (κ3) is 4.93. The van der Waals surface area contributed by atoms with E-state index in [1.165, 1.54) is 0 Å². The fourth-order valence-electron chi connectivity index (χ4n) is 2.34. The highest BCUT2D eigenvalue weighted by atomic mass is 16.2. The Bertz CT molecular complexity index is 669. The fraction of sp³-hybridized carbons (Fsp3) is 0.263. The number of amides is 2. The lowest BCUT2D eigenvalue weighted by molar-refractivity contribution is -0.130. The van der Waals surface area contributed by atoms with E-state index in [-0.39, 0.29) is 18.4 Å². The molecular weight excluding hydrogens is 302 g/mol. The first-order valence-electron chi connectivity index (χ1n) is 8.03. The molecule has 0 spiro atoms. The summed E-state index contributed by atoms with van der Waals surface area (Å²) in [5.41, 5.74) is 8.08. The number of hydrogen-bond acceptors (Lipinski definition) is 3. The van der Waals surface area contributed by atoms with E-state index in [0.717, 1.165) is 11.1 Å². The van der Waals surface area contributed by atoms with E-state index < -0.39 is 0 Å². The average molecular weight is 325 g/mol. The van der Waals surface area contributed by atoms with Crippen LogP contribution in [0.4, 0.5) is 0 Å². The molecule has 0 saturated carbocycles. The van der Waals surface area contributed by atoms with Crippen molar-refractivity contribution in [1.29, 1.82) is 0 Å². The lowest BCUT2D eigenvalue weighted by Gasteiger charge is -2.21. The molecule has 0 aliphatic rings. The van der Waals surface area contributed by atoms with E-state index >= 15 is 0 Å². The maximum absolute atomic E-state index is 12.3. The summed E-state index contributed by atoms with van der Waals surface area (Å²) in [4.78, 5) is 26.1. The monoisotopic (exact) mass is 325 g/mol. The van der Waals surface area contributed by atoms with Crippen LogP contribution in [0.5, 0.6) is 0 Å². The second kappa shape index (κ2) is 8.84. The molecule has 0 bridgehead atoms. The number of nitrogens with zero attached hydrogens (tertiary/aromatic N) is 1. The Labute approximate surface area is 142 Å². The summed E-state index contributed by atoms with van der Waals surface area (Å²) in [5, 5.41) is 2.68. The molecule has 2 aromatic rings. The summed E-state index contributed by atoms with van der Waals surface area (Å²) < 4.78 is 0. The first-order valence-corrected chi connectivity index (χ1v) is 8.03. The van der Waals surface area contributed by atoms with Gasteiger partial charge in [-0.25, -0.2) is 0 Å². The number of carbonyl (C=O) groups is 2. The predicted molar refractivity (Wildman–Crippen MR) is 94.2 cm³/mol. The van der Waals surface area contributed by atoms with Crippen molar-refractivity contribution in [3.05, 3.63) is 71.3 Å². The van der Waals surface area contributed by atoms with E-state index in [2.05, 4.69) is 5.32 Å². The summed E-state index contributed by atoms with van der Waals surface area (Å²) in [6.45, 7) is 3.48. The summed E-state index contributed by atoms with van der Waals surface area (Å²) >= 11 is 0. The Hall–Kier alpha value is -2.66. The SMILES string of the molecule is CCN(Cc1ccccc1)C(=O)CNC(=O)c1ccc(CN)cc1. The molecule has 0 aliphatic heterocycles. The Balaban J connectivity index is 1.89. The highest BCUT2D eigenvalue weighted by molar-refractivity contribution is 5.96. The molecule has 0 aliphatic carbocycles. The van der Waals surface area contributed by atoms with Crippen molar-refractivity contribution in [2.75, 3.05) is 13.1 Å². The molecule has 0 fully saturated rings. The lowest BCUT2D eigenvalue weighted by atomic mass is 10.1. The van der Waals surface area contributed by atoms with Crippen LogP contribution in [0.1, 0.15) is 28.4 Å². The molecule has 3 N–H and O–H groups in total. The zero-order valence-electron chi connectivity index (χ0n) is 13.9. The molecular formula is C19H23N3O2. The van der Waals surface area contributed by atoms with Gasteiger partial charge in [-0.2, -0.15) is 0 Å². The van der Waals surface area contributed by atoms with Gasteiger partial charge in [0.05, 0.1) is 6.54 Å². The Morgan fingerprint density at radius 1 is 1.00 bits per heavy atom. The molecule has 126 valence electrons. The number of rotatable bonds is 7. The Morgan fingerprint density at radius 2 is 1.67 bits per heavy atom. The van der Waals surface area contributed by atoms with Crippen LogP contribution in [0, 0.1) is 0 Å². The van der Waals surface area contributed by atoms with Gasteiger partial charge in [-0.1, -0.05) is 42.5 Å². The van der Waals surface area contributed by atoms with Gasteiger partial charge in [0.2, 0.25) is 5.91 Å². The number of carbonyl (C=O) groups excluding carboxylic acids is 2. The molecule has 0 atom stereocenters. The number of benzene rings is 2. The summed E-state index contributed by atoms with van der Waals surface area (Å²) in [6, 6.07) is 16.8. The molecule has 0 aromatic heterocycles. The van der Waals surface area contributed by atoms with Crippen molar-refractivity contribution >= 4 is 11.8 Å². The van der Waals surface area contributed by atoms with E-state index in [1.807, 2.05) is 49.4 Å². The molecule has 0 heterocycles. The van der Waals surface area contributed by atoms with E-state index in [4.69, 9.17) is 5.73 Å². The molecule has 2 aromatic carbocycles. The highest BCUT2D eigenvalue weighted by Gasteiger charge is 2.14. The van der Waals surface area contributed by atoms with Crippen LogP contribution >= 0.6 is 0 Å². The van der Waals surface area contributed by atoms with Gasteiger partial charge in [0, 0.05) is 25.2 Å². The molecule has 0 radical (unpaired) electrons. The Kier molecular flexibility index (Phi) is 6.51. The zero-order chi connectivity index (χ0) is 17.4. The van der Waals surface area contributed by atoms with Gasteiger partial charge in [-0.15, -0.1) is 0 Å².